The van der Waals surface area contributed by atoms with E-state index in [0.717, 1.165) is 33.2 Å². The number of rotatable bonds is 11. The number of aliphatic hydroxyl groups excluding tert-OH is 2. The summed E-state index contributed by atoms with van der Waals surface area (Å²) >= 11 is 0. The van der Waals surface area contributed by atoms with Crippen LogP contribution in [0.2, 0.25) is 0 Å². The molecular weight excluding hydrogens is 602 g/mol. The number of fused-ring (bicyclic) bond motifs is 2. The maximum atomic E-state index is 14.0. The molecule has 1 heterocycles. The standard InChI is InChI=1S/C40H47N3O5/c1-40(2,3)43(25-33(23-35(43)38(41)46)48-32-18-17-27-13-7-8-14-28(27)21-32)24-31(44)20-30(19-26-11-5-4-6-12-26)39(47)42-37-34-16-10-9-15-29(34)22-36(37)45/h4-18,21,30-31,33,35-37,44-45H,19-20,22-25H2,1-3H3,(H2-,41,42,46,47)/p+1/t30-,31+,33+,35?,36-,37+,43?/m1/s1. The average molecular weight is 651 g/mol. The quantitative estimate of drug-likeness (QED) is 0.173. The lowest BCUT2D eigenvalue weighted by molar-refractivity contribution is -0.976. The number of carbonyl (C=O) groups is 2. The van der Waals surface area contributed by atoms with Gasteiger partial charge in [-0.25, -0.2) is 0 Å². The molecule has 2 amide bonds. The van der Waals surface area contributed by atoms with Gasteiger partial charge in [-0.05, 0) is 73.2 Å². The van der Waals surface area contributed by atoms with Crippen molar-refractivity contribution >= 4 is 22.6 Å². The fraction of sp³-hybridized carbons (Fsp3) is 0.400. The minimum Gasteiger partial charge on any atom is -0.484 e. The number of carbonyl (C=O) groups excluding carboxylic acids is 2. The van der Waals surface area contributed by atoms with Crippen LogP contribution in [0.3, 0.4) is 0 Å². The predicted octanol–water partition coefficient (Wildman–Crippen LogP) is 4.84. The second kappa shape index (κ2) is 13.7. The molecule has 6 rings (SSSR count). The van der Waals surface area contributed by atoms with Crippen molar-refractivity contribution in [2.24, 2.45) is 11.7 Å². The summed E-state index contributed by atoms with van der Waals surface area (Å²) in [7, 11) is 0. The second-order valence-corrected chi connectivity index (χ2v) is 14.7. The molecule has 0 aromatic heterocycles. The molecule has 252 valence electrons. The number of benzene rings is 4. The Bertz CT molecular complexity index is 1750. The van der Waals surface area contributed by atoms with Crippen LogP contribution in [0.1, 0.15) is 56.3 Å². The maximum absolute atomic E-state index is 14.0. The van der Waals surface area contributed by atoms with E-state index in [1.54, 1.807) is 0 Å². The SMILES string of the molecule is CC(C)(C)[N+]1(C[C@@H](O)C[C@@H](Cc2ccccc2)C(=O)N[C@H]2c3ccccc3C[C@H]2O)C[C@@H](Oc2ccc3ccccc3c2)CC1C(N)=O. The van der Waals surface area contributed by atoms with E-state index >= 15 is 0 Å². The molecule has 7 atom stereocenters. The fourth-order valence-corrected chi connectivity index (χ4v) is 8.09. The van der Waals surface area contributed by atoms with E-state index in [1.165, 1.54) is 0 Å². The first-order valence-electron chi connectivity index (χ1n) is 17.0. The lowest BCUT2D eigenvalue weighted by Crippen LogP contribution is -2.68. The molecule has 2 unspecified atom stereocenters. The fourth-order valence-electron chi connectivity index (χ4n) is 8.09. The molecule has 48 heavy (non-hydrogen) atoms. The van der Waals surface area contributed by atoms with Gasteiger partial charge in [-0.3, -0.25) is 9.59 Å². The molecule has 1 aliphatic carbocycles. The summed E-state index contributed by atoms with van der Waals surface area (Å²) in [5.41, 5.74) is 8.56. The van der Waals surface area contributed by atoms with Crippen molar-refractivity contribution in [3.63, 3.8) is 0 Å². The Kier molecular flexibility index (Phi) is 9.61. The first kappa shape index (κ1) is 33.7. The average Bonchev–Trinajstić information content (AvgIpc) is 3.58. The molecule has 1 saturated heterocycles. The molecule has 0 radical (unpaired) electrons. The Balaban J connectivity index is 1.23. The Morgan fingerprint density at radius 3 is 2.38 bits per heavy atom. The van der Waals surface area contributed by atoms with Gasteiger partial charge < -0.3 is 30.5 Å². The molecule has 5 N–H and O–H groups in total. The first-order chi connectivity index (χ1) is 22.9. The van der Waals surface area contributed by atoms with Crippen LogP contribution in [0, 0.1) is 5.92 Å². The lowest BCUT2D eigenvalue weighted by Gasteiger charge is -2.50. The second-order valence-electron chi connectivity index (χ2n) is 14.7. The number of primary amides is 1. The highest BCUT2D eigenvalue weighted by Gasteiger charge is 2.57. The number of ether oxygens (including phenoxy) is 1. The Morgan fingerprint density at radius 2 is 1.65 bits per heavy atom. The van der Waals surface area contributed by atoms with Gasteiger partial charge in [0.15, 0.2) is 12.1 Å². The van der Waals surface area contributed by atoms with Crippen LogP contribution in [-0.2, 0) is 22.4 Å². The van der Waals surface area contributed by atoms with Crippen LogP contribution in [0.15, 0.2) is 97.1 Å². The third kappa shape index (κ3) is 6.97. The summed E-state index contributed by atoms with van der Waals surface area (Å²) in [6.45, 7) is 6.94. The molecule has 4 aromatic rings. The van der Waals surface area contributed by atoms with Crippen molar-refractivity contribution in [2.45, 2.75) is 82.4 Å². The van der Waals surface area contributed by atoms with Crippen molar-refractivity contribution < 1.29 is 29.0 Å². The first-order valence-corrected chi connectivity index (χ1v) is 17.0. The molecule has 8 nitrogen and oxygen atoms in total. The van der Waals surface area contributed by atoms with Crippen LogP contribution in [0.25, 0.3) is 10.8 Å². The van der Waals surface area contributed by atoms with Crippen molar-refractivity contribution in [1.82, 2.24) is 5.32 Å². The number of nitrogens with one attached hydrogen (secondary N) is 1. The van der Waals surface area contributed by atoms with Gasteiger partial charge in [-0.2, -0.15) is 0 Å². The highest BCUT2D eigenvalue weighted by Crippen LogP contribution is 2.40. The molecule has 1 aliphatic heterocycles. The Morgan fingerprint density at radius 1 is 0.958 bits per heavy atom. The van der Waals surface area contributed by atoms with E-state index in [-0.39, 0.29) is 29.5 Å². The molecule has 4 aromatic carbocycles. The van der Waals surface area contributed by atoms with E-state index < -0.39 is 41.7 Å². The summed E-state index contributed by atoms with van der Waals surface area (Å²) in [6, 6.07) is 30.6. The van der Waals surface area contributed by atoms with Gasteiger partial charge >= 0.3 is 0 Å². The normalized spacial score (nSPS) is 24.9. The van der Waals surface area contributed by atoms with Crippen molar-refractivity contribution in [3.8, 4) is 5.75 Å². The van der Waals surface area contributed by atoms with Gasteiger partial charge in [0.25, 0.3) is 5.91 Å². The minimum atomic E-state index is -0.911. The van der Waals surface area contributed by atoms with Gasteiger partial charge in [-0.15, -0.1) is 0 Å². The lowest BCUT2D eigenvalue weighted by atomic mass is 9.90. The number of likely N-dealkylation sites (tertiary alicyclic amines) is 1. The summed E-state index contributed by atoms with van der Waals surface area (Å²) in [4.78, 5) is 27.1. The summed E-state index contributed by atoms with van der Waals surface area (Å²) in [5, 5.41) is 28.0. The van der Waals surface area contributed by atoms with E-state index in [1.807, 2.05) is 91.0 Å². The number of nitrogens with zero attached hydrogens (tertiary/aromatic N) is 1. The molecular formula is C40H48N3O5+. The number of quaternary nitrogens is 1. The van der Waals surface area contributed by atoms with Gasteiger partial charge in [0.05, 0.1) is 24.1 Å². The number of aliphatic hydroxyl groups is 2. The predicted molar refractivity (Wildman–Crippen MR) is 187 cm³/mol. The van der Waals surface area contributed by atoms with Gasteiger partial charge in [0.1, 0.15) is 24.9 Å². The van der Waals surface area contributed by atoms with Crippen molar-refractivity contribution in [3.05, 3.63) is 114 Å². The zero-order valence-corrected chi connectivity index (χ0v) is 28.1. The zero-order valence-electron chi connectivity index (χ0n) is 28.1. The van der Waals surface area contributed by atoms with Crippen LogP contribution in [0.5, 0.6) is 5.75 Å². The number of hydrogen-bond donors (Lipinski definition) is 4. The van der Waals surface area contributed by atoms with E-state index in [0.29, 0.717) is 25.8 Å². The van der Waals surface area contributed by atoms with Crippen molar-refractivity contribution in [2.75, 3.05) is 13.1 Å². The van der Waals surface area contributed by atoms with Gasteiger partial charge in [0.2, 0.25) is 5.91 Å². The maximum Gasteiger partial charge on any atom is 0.275 e. The molecule has 0 spiro atoms. The van der Waals surface area contributed by atoms with Crippen LogP contribution < -0.4 is 15.8 Å². The van der Waals surface area contributed by atoms with Crippen LogP contribution >= 0.6 is 0 Å². The van der Waals surface area contributed by atoms with E-state index in [2.05, 4.69) is 32.2 Å². The monoisotopic (exact) mass is 650 g/mol. The summed E-state index contributed by atoms with van der Waals surface area (Å²) in [5.74, 6) is -0.478. The number of amides is 2. The molecule has 8 heteroatoms. The van der Waals surface area contributed by atoms with Crippen LogP contribution in [-0.4, -0.2) is 69.5 Å². The van der Waals surface area contributed by atoms with E-state index in [9.17, 15) is 19.8 Å². The zero-order chi connectivity index (χ0) is 34.1. The topological polar surface area (TPSA) is 122 Å². The van der Waals surface area contributed by atoms with E-state index in [4.69, 9.17) is 10.5 Å². The number of nitrogens with two attached hydrogens (primary N) is 1. The number of hydrogen-bond acceptors (Lipinski definition) is 5. The van der Waals surface area contributed by atoms with Crippen molar-refractivity contribution in [1.29, 1.82) is 0 Å². The third-order valence-corrected chi connectivity index (χ3v) is 10.6. The summed E-state index contributed by atoms with van der Waals surface area (Å²) in [6.07, 6.45) is -0.397. The van der Waals surface area contributed by atoms with Gasteiger partial charge in [-0.1, -0.05) is 84.9 Å². The third-order valence-electron chi connectivity index (χ3n) is 10.6. The molecule has 1 fully saturated rings. The summed E-state index contributed by atoms with van der Waals surface area (Å²) < 4.78 is 6.76. The van der Waals surface area contributed by atoms with Crippen LogP contribution in [0.4, 0.5) is 0 Å². The largest absolute Gasteiger partial charge is 0.484 e. The minimum absolute atomic E-state index is 0.183. The Labute approximate surface area is 283 Å². The highest BCUT2D eigenvalue weighted by atomic mass is 16.5. The van der Waals surface area contributed by atoms with Gasteiger partial charge in [0, 0.05) is 12.3 Å². The highest BCUT2D eigenvalue weighted by molar-refractivity contribution is 5.84. The smallest absolute Gasteiger partial charge is 0.275 e. The Hall–Kier alpha value is -4.24. The molecule has 2 aliphatic rings. The molecule has 0 bridgehead atoms. The molecule has 0 saturated carbocycles.